The number of hydrogen-bond donors (Lipinski definition) is 1. The SMILES string of the molecule is CC(C)Cn1cc(CCNS(=O)(=O)c2ccc(F)c(Cl)c2)c2cccnc21. The molecule has 0 amide bonds. The molecule has 0 aliphatic carbocycles. The van der Waals surface area contributed by atoms with Crippen molar-refractivity contribution in [3.8, 4) is 0 Å². The Labute approximate surface area is 163 Å². The van der Waals surface area contributed by atoms with Crippen molar-refractivity contribution in [2.45, 2.75) is 31.7 Å². The lowest BCUT2D eigenvalue weighted by molar-refractivity contribution is 0.532. The van der Waals surface area contributed by atoms with E-state index in [4.69, 9.17) is 11.6 Å². The molecule has 0 radical (unpaired) electrons. The molecule has 8 heteroatoms. The van der Waals surface area contributed by atoms with Crippen molar-refractivity contribution in [2.24, 2.45) is 5.92 Å². The van der Waals surface area contributed by atoms with E-state index in [1.54, 1.807) is 6.20 Å². The van der Waals surface area contributed by atoms with E-state index in [-0.39, 0.29) is 16.5 Å². The number of rotatable bonds is 7. The molecule has 0 spiro atoms. The highest BCUT2D eigenvalue weighted by atomic mass is 35.5. The van der Waals surface area contributed by atoms with Crippen molar-refractivity contribution in [1.82, 2.24) is 14.3 Å². The Morgan fingerprint density at radius 2 is 2.07 bits per heavy atom. The molecule has 1 aromatic carbocycles. The molecule has 3 rings (SSSR count). The van der Waals surface area contributed by atoms with Crippen LogP contribution in [0.4, 0.5) is 4.39 Å². The summed E-state index contributed by atoms with van der Waals surface area (Å²) in [5.41, 5.74) is 1.92. The van der Waals surface area contributed by atoms with Crippen molar-refractivity contribution in [3.05, 3.63) is 59.1 Å². The summed E-state index contributed by atoms with van der Waals surface area (Å²) in [6, 6.07) is 7.21. The van der Waals surface area contributed by atoms with Gasteiger partial charge in [0.1, 0.15) is 11.5 Å². The van der Waals surface area contributed by atoms with E-state index in [0.717, 1.165) is 35.3 Å². The third-order valence-electron chi connectivity index (χ3n) is 4.17. The zero-order valence-electron chi connectivity index (χ0n) is 15.1. The number of hydrogen-bond acceptors (Lipinski definition) is 3. The molecule has 5 nitrogen and oxygen atoms in total. The second-order valence-electron chi connectivity index (χ2n) is 6.80. The quantitative estimate of drug-likeness (QED) is 0.641. The first kappa shape index (κ1) is 19.8. The Morgan fingerprint density at radius 3 is 2.78 bits per heavy atom. The molecule has 2 heterocycles. The Morgan fingerprint density at radius 1 is 1.30 bits per heavy atom. The van der Waals surface area contributed by atoms with E-state index in [0.29, 0.717) is 12.3 Å². The van der Waals surface area contributed by atoms with Gasteiger partial charge < -0.3 is 4.57 Å². The second-order valence-corrected chi connectivity index (χ2v) is 8.97. The molecule has 0 saturated carbocycles. The van der Waals surface area contributed by atoms with E-state index < -0.39 is 15.8 Å². The number of aromatic nitrogens is 2. The molecule has 0 unspecified atom stereocenters. The highest BCUT2D eigenvalue weighted by Gasteiger charge is 2.16. The zero-order valence-corrected chi connectivity index (χ0v) is 16.7. The summed E-state index contributed by atoms with van der Waals surface area (Å²) in [5, 5.41) is 0.794. The lowest BCUT2D eigenvalue weighted by atomic mass is 10.2. The topological polar surface area (TPSA) is 64.0 Å². The highest BCUT2D eigenvalue weighted by Crippen LogP contribution is 2.22. The number of fused-ring (bicyclic) bond motifs is 1. The van der Waals surface area contributed by atoms with Crippen LogP contribution in [-0.2, 0) is 23.0 Å². The van der Waals surface area contributed by atoms with Crippen molar-refractivity contribution in [1.29, 1.82) is 0 Å². The number of nitrogens with one attached hydrogen (secondary N) is 1. The number of pyridine rings is 1. The van der Waals surface area contributed by atoms with E-state index >= 15 is 0 Å². The molecule has 27 heavy (non-hydrogen) atoms. The molecular weight excluding hydrogens is 389 g/mol. The molecule has 144 valence electrons. The van der Waals surface area contributed by atoms with Gasteiger partial charge in [-0.2, -0.15) is 0 Å². The van der Waals surface area contributed by atoms with Gasteiger partial charge in [-0.05, 0) is 48.2 Å². The van der Waals surface area contributed by atoms with Crippen LogP contribution in [0.1, 0.15) is 19.4 Å². The van der Waals surface area contributed by atoms with Gasteiger partial charge in [-0.15, -0.1) is 0 Å². The van der Waals surface area contributed by atoms with Crippen molar-refractivity contribution >= 4 is 32.7 Å². The van der Waals surface area contributed by atoms with Crippen molar-refractivity contribution < 1.29 is 12.8 Å². The predicted molar refractivity (Wildman–Crippen MR) is 105 cm³/mol. The summed E-state index contributed by atoms with van der Waals surface area (Å²) in [6.07, 6.45) is 4.30. The molecule has 1 N–H and O–H groups in total. The van der Waals surface area contributed by atoms with Gasteiger partial charge in [0.05, 0.1) is 9.92 Å². The number of halogens is 2. The van der Waals surface area contributed by atoms with Crippen LogP contribution >= 0.6 is 11.6 Å². The van der Waals surface area contributed by atoms with Gasteiger partial charge >= 0.3 is 0 Å². The maximum absolute atomic E-state index is 13.2. The van der Waals surface area contributed by atoms with E-state index in [9.17, 15) is 12.8 Å². The highest BCUT2D eigenvalue weighted by molar-refractivity contribution is 7.89. The van der Waals surface area contributed by atoms with Crippen molar-refractivity contribution in [2.75, 3.05) is 6.54 Å². The fourth-order valence-electron chi connectivity index (χ4n) is 2.97. The maximum atomic E-state index is 13.2. The fourth-order valence-corrected chi connectivity index (χ4v) is 4.28. The van der Waals surface area contributed by atoms with Crippen LogP contribution in [0.2, 0.25) is 5.02 Å². The first-order valence-corrected chi connectivity index (χ1v) is 10.5. The second kappa shape index (κ2) is 7.96. The third-order valence-corrected chi connectivity index (χ3v) is 5.91. The van der Waals surface area contributed by atoms with E-state index in [2.05, 4.69) is 28.1 Å². The van der Waals surface area contributed by atoms with E-state index in [1.807, 2.05) is 18.3 Å². The van der Waals surface area contributed by atoms with Crippen LogP contribution in [0.15, 0.2) is 47.6 Å². The first-order chi connectivity index (χ1) is 12.8. The monoisotopic (exact) mass is 409 g/mol. The molecule has 3 aromatic rings. The van der Waals surface area contributed by atoms with Gasteiger partial charge in [-0.25, -0.2) is 22.5 Å². The van der Waals surface area contributed by atoms with Gasteiger partial charge in [-0.3, -0.25) is 0 Å². The minimum atomic E-state index is -3.76. The van der Waals surface area contributed by atoms with Gasteiger partial charge in [-0.1, -0.05) is 25.4 Å². The van der Waals surface area contributed by atoms with Gasteiger partial charge in [0.25, 0.3) is 0 Å². The Kier molecular flexibility index (Phi) is 5.83. The molecule has 0 saturated heterocycles. The average molecular weight is 410 g/mol. The number of nitrogens with zero attached hydrogens (tertiary/aromatic N) is 2. The molecular formula is C19H21ClFN3O2S. The molecule has 0 aliphatic rings. The summed E-state index contributed by atoms with van der Waals surface area (Å²) in [5.74, 6) is -0.182. The van der Waals surface area contributed by atoms with Gasteiger partial charge in [0, 0.05) is 30.9 Å². The van der Waals surface area contributed by atoms with Crippen molar-refractivity contribution in [3.63, 3.8) is 0 Å². The minimum absolute atomic E-state index is 0.0576. The molecule has 0 aliphatic heterocycles. The lowest BCUT2D eigenvalue weighted by Gasteiger charge is -2.07. The first-order valence-electron chi connectivity index (χ1n) is 8.65. The Bertz CT molecular complexity index is 1060. The van der Waals surface area contributed by atoms with Gasteiger partial charge in [0.2, 0.25) is 10.0 Å². The Balaban J connectivity index is 1.76. The summed E-state index contributed by atoms with van der Waals surface area (Å²) >= 11 is 5.68. The normalized spacial score (nSPS) is 12.2. The maximum Gasteiger partial charge on any atom is 0.240 e. The number of sulfonamides is 1. The standard InChI is InChI=1S/C19H21ClFN3O2S/c1-13(2)11-24-12-14(16-4-3-8-22-19(16)24)7-9-23-27(25,26)15-5-6-18(21)17(20)10-15/h3-6,8,10,12-13,23H,7,9,11H2,1-2H3. The predicted octanol–water partition coefficient (Wildman–Crippen LogP) is 4.01. The fraction of sp³-hybridized carbons (Fsp3) is 0.316. The van der Waals surface area contributed by atoms with Crippen LogP contribution < -0.4 is 4.72 Å². The molecule has 0 fully saturated rings. The molecule has 0 atom stereocenters. The third kappa shape index (κ3) is 4.48. The summed E-state index contributed by atoms with van der Waals surface area (Å²) in [7, 11) is -3.76. The molecule has 2 aromatic heterocycles. The molecule has 0 bridgehead atoms. The van der Waals surface area contributed by atoms with Gasteiger partial charge in [0.15, 0.2) is 0 Å². The van der Waals surface area contributed by atoms with E-state index in [1.165, 1.54) is 6.07 Å². The Hall–Kier alpha value is -1.96. The minimum Gasteiger partial charge on any atom is -0.332 e. The van der Waals surface area contributed by atoms with Crippen LogP contribution in [0, 0.1) is 11.7 Å². The summed E-state index contributed by atoms with van der Waals surface area (Å²) in [4.78, 5) is 4.39. The summed E-state index contributed by atoms with van der Waals surface area (Å²) in [6.45, 7) is 5.33. The lowest BCUT2D eigenvalue weighted by Crippen LogP contribution is -2.26. The average Bonchev–Trinajstić information content (AvgIpc) is 2.94. The van der Waals surface area contributed by atoms with Crippen LogP contribution in [0.25, 0.3) is 11.0 Å². The van der Waals surface area contributed by atoms with Crippen LogP contribution in [0.5, 0.6) is 0 Å². The van der Waals surface area contributed by atoms with Crippen LogP contribution in [-0.4, -0.2) is 24.5 Å². The van der Waals surface area contributed by atoms with Crippen LogP contribution in [0.3, 0.4) is 0 Å². The summed E-state index contributed by atoms with van der Waals surface area (Å²) < 4.78 is 42.7. The largest absolute Gasteiger partial charge is 0.332 e. The zero-order chi connectivity index (χ0) is 19.6. The smallest absolute Gasteiger partial charge is 0.240 e. The number of benzene rings is 1.